The summed E-state index contributed by atoms with van der Waals surface area (Å²) in [6.07, 6.45) is 4.50. The molecule has 2 aliphatic heterocycles. The van der Waals surface area contributed by atoms with Crippen LogP contribution in [-0.2, 0) is 9.59 Å². The summed E-state index contributed by atoms with van der Waals surface area (Å²) in [7, 11) is 0. The molecule has 2 heterocycles. The Kier molecular flexibility index (Phi) is 7.89. The van der Waals surface area contributed by atoms with Gasteiger partial charge in [-0.25, -0.2) is 0 Å². The van der Waals surface area contributed by atoms with Gasteiger partial charge in [-0.05, 0) is 75.6 Å². The number of amides is 3. The Morgan fingerprint density at radius 1 is 1.23 bits per heavy atom. The summed E-state index contributed by atoms with van der Waals surface area (Å²) in [6.45, 7) is 7.17. The first-order valence-electron chi connectivity index (χ1n) is 10.5. The summed E-state index contributed by atoms with van der Waals surface area (Å²) in [5.74, 6) is 0.238. The van der Waals surface area contributed by atoms with E-state index in [1.54, 1.807) is 23.1 Å². The number of halogens is 1. The molecule has 31 heavy (non-hydrogen) atoms. The highest BCUT2D eigenvalue weighted by Crippen LogP contribution is 2.39. The zero-order valence-electron chi connectivity index (χ0n) is 18.0. The smallest absolute Gasteiger partial charge is 0.294 e. The van der Waals surface area contributed by atoms with Gasteiger partial charge in [-0.1, -0.05) is 11.6 Å². The molecule has 1 aromatic carbocycles. The van der Waals surface area contributed by atoms with Crippen LogP contribution in [0.2, 0.25) is 5.02 Å². The first kappa shape index (κ1) is 23.5. The molecule has 2 saturated heterocycles. The number of hydrogen-bond donors (Lipinski definition) is 0. The minimum absolute atomic E-state index is 0.0866. The van der Waals surface area contributed by atoms with Crippen molar-refractivity contribution in [1.82, 2.24) is 9.80 Å². The summed E-state index contributed by atoms with van der Waals surface area (Å²) in [5, 5.41) is -0.0945. The molecule has 0 aliphatic carbocycles. The van der Waals surface area contributed by atoms with E-state index in [0.29, 0.717) is 41.8 Å². The van der Waals surface area contributed by atoms with Gasteiger partial charge in [-0.2, -0.15) is 0 Å². The van der Waals surface area contributed by atoms with Gasteiger partial charge in [0.15, 0.2) is 11.5 Å². The van der Waals surface area contributed by atoms with Crippen molar-refractivity contribution < 1.29 is 23.9 Å². The molecule has 0 atom stereocenters. The molecule has 0 bridgehead atoms. The molecule has 2 aliphatic rings. The second-order valence-electron chi connectivity index (χ2n) is 7.64. The normalized spacial score (nSPS) is 18.3. The maximum Gasteiger partial charge on any atom is 0.294 e. The Hall–Kier alpha value is -2.19. The third kappa shape index (κ3) is 5.74. The largest absolute Gasteiger partial charge is 0.490 e. The van der Waals surface area contributed by atoms with Gasteiger partial charge in [-0.3, -0.25) is 19.3 Å². The second kappa shape index (κ2) is 10.4. The molecule has 1 aromatic rings. The number of likely N-dealkylation sites (tertiary alicyclic amines) is 1. The Labute approximate surface area is 191 Å². The van der Waals surface area contributed by atoms with E-state index in [9.17, 15) is 14.4 Å². The fraction of sp³-hybridized carbons (Fsp3) is 0.500. The van der Waals surface area contributed by atoms with Crippen LogP contribution in [0.3, 0.4) is 0 Å². The maximum atomic E-state index is 12.8. The van der Waals surface area contributed by atoms with Crippen molar-refractivity contribution in [1.29, 1.82) is 0 Å². The quantitative estimate of drug-likeness (QED) is 0.547. The van der Waals surface area contributed by atoms with Gasteiger partial charge in [-0.15, -0.1) is 0 Å². The molecule has 168 valence electrons. The molecule has 7 nitrogen and oxygen atoms in total. The molecule has 0 radical (unpaired) electrons. The van der Waals surface area contributed by atoms with Crippen LogP contribution in [0, 0.1) is 0 Å². The van der Waals surface area contributed by atoms with Crippen molar-refractivity contribution in [2.75, 3.05) is 26.2 Å². The van der Waals surface area contributed by atoms with E-state index in [-0.39, 0.29) is 23.5 Å². The number of thioether (sulfide) groups is 1. The fourth-order valence-corrected chi connectivity index (χ4v) is 4.55. The average Bonchev–Trinajstić information content (AvgIpc) is 2.98. The van der Waals surface area contributed by atoms with Gasteiger partial charge >= 0.3 is 0 Å². The molecule has 2 fully saturated rings. The Morgan fingerprint density at radius 2 is 1.94 bits per heavy atom. The predicted octanol–water partition coefficient (Wildman–Crippen LogP) is 4.57. The van der Waals surface area contributed by atoms with Crippen molar-refractivity contribution in [2.45, 2.75) is 46.1 Å². The third-order valence-electron chi connectivity index (χ3n) is 4.86. The van der Waals surface area contributed by atoms with E-state index >= 15 is 0 Å². The second-order valence-corrected chi connectivity index (χ2v) is 9.04. The third-order valence-corrected chi connectivity index (χ3v) is 6.05. The highest BCUT2D eigenvalue weighted by atomic mass is 35.5. The molecule has 0 saturated carbocycles. The Morgan fingerprint density at radius 3 is 2.58 bits per heavy atom. The minimum Gasteiger partial charge on any atom is -0.490 e. The van der Waals surface area contributed by atoms with Crippen molar-refractivity contribution >= 4 is 46.5 Å². The van der Waals surface area contributed by atoms with Crippen LogP contribution in [-0.4, -0.2) is 59.2 Å². The fourth-order valence-electron chi connectivity index (χ4n) is 3.45. The molecule has 0 aromatic heterocycles. The lowest BCUT2D eigenvalue weighted by Gasteiger charge is -2.27. The average molecular weight is 467 g/mol. The molecule has 0 spiro atoms. The lowest BCUT2D eigenvalue weighted by atomic mass is 10.1. The van der Waals surface area contributed by atoms with E-state index in [1.165, 1.54) is 0 Å². The number of carbonyl (C=O) groups excluding carboxylic acids is 3. The van der Waals surface area contributed by atoms with Crippen molar-refractivity contribution in [2.24, 2.45) is 0 Å². The standard InChI is InChI=1S/C22H27ClN2O5S/c1-4-29-17-11-15(10-16(23)20(17)30-14(2)3)12-18-21(27)25(22(28)31-18)13-19(26)24-8-6-5-7-9-24/h10-12,14H,4-9,13H2,1-3H3. The molecule has 3 amide bonds. The molecular formula is C22H27ClN2O5S. The summed E-state index contributed by atoms with van der Waals surface area (Å²) >= 11 is 7.21. The van der Waals surface area contributed by atoms with Crippen LogP contribution in [0.25, 0.3) is 6.08 Å². The first-order chi connectivity index (χ1) is 14.8. The van der Waals surface area contributed by atoms with Crippen LogP contribution in [0.5, 0.6) is 11.5 Å². The van der Waals surface area contributed by atoms with Gasteiger partial charge < -0.3 is 14.4 Å². The maximum absolute atomic E-state index is 12.8. The summed E-state index contributed by atoms with van der Waals surface area (Å²) in [6, 6.07) is 3.38. The van der Waals surface area contributed by atoms with Crippen molar-refractivity contribution in [3.05, 3.63) is 27.6 Å². The zero-order valence-corrected chi connectivity index (χ0v) is 19.6. The van der Waals surface area contributed by atoms with Crippen molar-refractivity contribution in [3.8, 4) is 11.5 Å². The van der Waals surface area contributed by atoms with Crippen LogP contribution in [0.1, 0.15) is 45.6 Å². The Balaban J connectivity index is 1.79. The van der Waals surface area contributed by atoms with Crippen molar-refractivity contribution in [3.63, 3.8) is 0 Å². The minimum atomic E-state index is -0.475. The molecule has 0 N–H and O–H groups in total. The number of imide groups is 1. The van der Waals surface area contributed by atoms with Gasteiger partial charge in [0.25, 0.3) is 11.1 Å². The number of nitrogens with zero attached hydrogens (tertiary/aromatic N) is 2. The predicted molar refractivity (Wildman–Crippen MR) is 121 cm³/mol. The molecule has 3 rings (SSSR count). The first-order valence-corrected chi connectivity index (χ1v) is 11.7. The van der Waals surface area contributed by atoms with Gasteiger partial charge in [0, 0.05) is 13.1 Å². The lowest BCUT2D eigenvalue weighted by Crippen LogP contribution is -2.44. The van der Waals surface area contributed by atoms with Gasteiger partial charge in [0.05, 0.1) is 22.6 Å². The number of ether oxygens (including phenoxy) is 2. The van der Waals surface area contributed by atoms with E-state index in [2.05, 4.69) is 0 Å². The van der Waals surface area contributed by atoms with E-state index < -0.39 is 11.1 Å². The Bertz CT molecular complexity index is 896. The highest BCUT2D eigenvalue weighted by Gasteiger charge is 2.37. The summed E-state index contributed by atoms with van der Waals surface area (Å²) in [5.41, 5.74) is 0.609. The van der Waals surface area contributed by atoms with Crippen LogP contribution in [0.15, 0.2) is 17.0 Å². The lowest BCUT2D eigenvalue weighted by molar-refractivity contribution is -0.136. The number of piperidine rings is 1. The van der Waals surface area contributed by atoms with E-state index in [0.717, 1.165) is 35.9 Å². The van der Waals surface area contributed by atoms with Gasteiger partial charge in [0.1, 0.15) is 6.54 Å². The number of rotatable bonds is 7. The van der Waals surface area contributed by atoms with Crippen LogP contribution >= 0.6 is 23.4 Å². The number of benzene rings is 1. The van der Waals surface area contributed by atoms with Crippen LogP contribution in [0.4, 0.5) is 4.79 Å². The van der Waals surface area contributed by atoms with E-state index in [4.69, 9.17) is 21.1 Å². The van der Waals surface area contributed by atoms with E-state index in [1.807, 2.05) is 20.8 Å². The SMILES string of the molecule is CCOc1cc(C=C2SC(=O)N(CC(=O)N3CCCCC3)C2=O)cc(Cl)c1OC(C)C. The molecular weight excluding hydrogens is 440 g/mol. The van der Waals surface area contributed by atoms with Gasteiger partial charge in [0.2, 0.25) is 5.91 Å². The molecule has 9 heteroatoms. The monoisotopic (exact) mass is 466 g/mol. The zero-order chi connectivity index (χ0) is 22.5. The highest BCUT2D eigenvalue weighted by molar-refractivity contribution is 8.18. The van der Waals surface area contributed by atoms with Crippen LogP contribution < -0.4 is 9.47 Å². The summed E-state index contributed by atoms with van der Waals surface area (Å²) < 4.78 is 11.4. The summed E-state index contributed by atoms with van der Waals surface area (Å²) in [4.78, 5) is 40.7. The topological polar surface area (TPSA) is 76.2 Å². The number of hydrogen-bond acceptors (Lipinski definition) is 6. The number of carbonyl (C=O) groups is 3. The molecule has 0 unspecified atom stereocenters.